The lowest BCUT2D eigenvalue weighted by atomic mass is 9.86. The van der Waals surface area contributed by atoms with Gasteiger partial charge in [0, 0.05) is 11.0 Å². The fourth-order valence-electron chi connectivity index (χ4n) is 2.95. The molecule has 1 aromatic carbocycles. The van der Waals surface area contributed by atoms with Gasteiger partial charge in [-0.3, -0.25) is 0 Å². The molecule has 3 nitrogen and oxygen atoms in total. The van der Waals surface area contributed by atoms with Crippen molar-refractivity contribution in [1.29, 1.82) is 0 Å². The first-order valence-electron chi connectivity index (χ1n) is 6.17. The van der Waals surface area contributed by atoms with E-state index >= 15 is 0 Å². The van der Waals surface area contributed by atoms with Crippen molar-refractivity contribution >= 4 is 0 Å². The van der Waals surface area contributed by atoms with Crippen LogP contribution in [0.15, 0.2) is 18.2 Å². The predicted octanol–water partition coefficient (Wildman–Crippen LogP) is 2.23. The molecule has 1 aromatic rings. The molecule has 0 heterocycles. The first kappa shape index (κ1) is 10.9. The van der Waals surface area contributed by atoms with E-state index in [1.807, 2.05) is 6.07 Å². The summed E-state index contributed by atoms with van der Waals surface area (Å²) >= 11 is 0. The molecular formula is C14H19NO2. The second-order valence-electron chi connectivity index (χ2n) is 5.31. The van der Waals surface area contributed by atoms with Gasteiger partial charge in [0.25, 0.3) is 0 Å². The lowest BCUT2D eigenvalue weighted by molar-refractivity contribution is 0.353. The van der Waals surface area contributed by atoms with E-state index in [-0.39, 0.29) is 11.0 Å². The van der Waals surface area contributed by atoms with E-state index in [0.29, 0.717) is 0 Å². The van der Waals surface area contributed by atoms with Gasteiger partial charge >= 0.3 is 0 Å². The summed E-state index contributed by atoms with van der Waals surface area (Å²) < 4.78 is 10.6. The zero-order chi connectivity index (χ0) is 12.1. The molecular weight excluding hydrogens is 214 g/mol. The van der Waals surface area contributed by atoms with Crippen LogP contribution >= 0.6 is 0 Å². The van der Waals surface area contributed by atoms with E-state index in [1.54, 1.807) is 14.2 Å². The van der Waals surface area contributed by atoms with E-state index in [4.69, 9.17) is 15.2 Å². The average Bonchev–Trinajstić information content (AvgIpc) is 3.23. The number of ether oxygens (including phenoxy) is 2. The smallest absolute Gasteiger partial charge is 0.161 e. The highest BCUT2D eigenvalue weighted by molar-refractivity contribution is 5.49. The summed E-state index contributed by atoms with van der Waals surface area (Å²) in [7, 11) is 3.34. The van der Waals surface area contributed by atoms with Crippen molar-refractivity contribution in [2.45, 2.75) is 36.6 Å². The van der Waals surface area contributed by atoms with E-state index in [0.717, 1.165) is 24.3 Å². The molecule has 2 fully saturated rings. The summed E-state index contributed by atoms with van der Waals surface area (Å²) in [5.74, 6) is 1.59. The van der Waals surface area contributed by atoms with Gasteiger partial charge in [-0.1, -0.05) is 6.07 Å². The fourth-order valence-corrected chi connectivity index (χ4v) is 2.95. The Balaban J connectivity index is 1.99. The first-order valence-corrected chi connectivity index (χ1v) is 6.17. The van der Waals surface area contributed by atoms with Gasteiger partial charge in [0.2, 0.25) is 0 Å². The maximum atomic E-state index is 6.41. The zero-order valence-electron chi connectivity index (χ0n) is 10.5. The second-order valence-corrected chi connectivity index (χ2v) is 5.31. The summed E-state index contributed by atoms with van der Waals surface area (Å²) in [5, 5.41) is 0. The summed E-state index contributed by atoms with van der Waals surface area (Å²) in [6.07, 6.45) is 4.72. The van der Waals surface area contributed by atoms with Crippen LogP contribution in [0.4, 0.5) is 0 Å². The third-order valence-electron chi connectivity index (χ3n) is 4.43. The Morgan fingerprint density at radius 2 is 1.65 bits per heavy atom. The highest BCUT2D eigenvalue weighted by Gasteiger charge is 2.64. The van der Waals surface area contributed by atoms with Crippen LogP contribution in [0.5, 0.6) is 11.5 Å². The number of hydrogen-bond acceptors (Lipinski definition) is 3. The molecule has 2 aliphatic carbocycles. The summed E-state index contributed by atoms with van der Waals surface area (Å²) in [6.45, 7) is 0. The maximum Gasteiger partial charge on any atom is 0.161 e. The molecule has 17 heavy (non-hydrogen) atoms. The Hall–Kier alpha value is -1.22. The molecule has 2 N–H and O–H groups in total. The van der Waals surface area contributed by atoms with Gasteiger partial charge in [-0.05, 0) is 43.4 Å². The summed E-state index contributed by atoms with van der Waals surface area (Å²) in [5.41, 5.74) is 7.99. The molecule has 0 bridgehead atoms. The number of hydrogen-bond donors (Lipinski definition) is 1. The van der Waals surface area contributed by atoms with Gasteiger partial charge in [0.05, 0.1) is 14.2 Å². The van der Waals surface area contributed by atoms with Crippen molar-refractivity contribution in [1.82, 2.24) is 0 Å². The monoisotopic (exact) mass is 233 g/mol. The highest BCUT2D eigenvalue weighted by Crippen LogP contribution is 2.64. The topological polar surface area (TPSA) is 44.5 Å². The normalized spacial score (nSPS) is 23.0. The van der Waals surface area contributed by atoms with Gasteiger partial charge in [-0.25, -0.2) is 0 Å². The van der Waals surface area contributed by atoms with Crippen LogP contribution in [0.25, 0.3) is 0 Å². The Bertz CT molecular complexity index is 448. The van der Waals surface area contributed by atoms with E-state index in [2.05, 4.69) is 12.1 Å². The van der Waals surface area contributed by atoms with Crippen LogP contribution in [0.2, 0.25) is 0 Å². The molecule has 92 valence electrons. The van der Waals surface area contributed by atoms with Crippen molar-refractivity contribution in [3.63, 3.8) is 0 Å². The molecule has 3 heteroatoms. The van der Waals surface area contributed by atoms with Gasteiger partial charge < -0.3 is 15.2 Å². The highest BCUT2D eigenvalue weighted by atomic mass is 16.5. The van der Waals surface area contributed by atoms with Crippen LogP contribution in [0.3, 0.4) is 0 Å². The quantitative estimate of drug-likeness (QED) is 0.867. The van der Waals surface area contributed by atoms with Gasteiger partial charge in [-0.15, -0.1) is 0 Å². The van der Waals surface area contributed by atoms with E-state index in [1.165, 1.54) is 18.4 Å². The first-order chi connectivity index (χ1) is 8.15. The molecule has 0 spiro atoms. The van der Waals surface area contributed by atoms with Crippen molar-refractivity contribution in [3.05, 3.63) is 23.8 Å². The van der Waals surface area contributed by atoms with Crippen LogP contribution in [-0.2, 0) is 5.41 Å². The Morgan fingerprint density at radius 1 is 1.00 bits per heavy atom. The van der Waals surface area contributed by atoms with Crippen molar-refractivity contribution < 1.29 is 9.47 Å². The Morgan fingerprint density at radius 3 is 2.12 bits per heavy atom. The average molecular weight is 233 g/mol. The molecule has 0 radical (unpaired) electrons. The summed E-state index contributed by atoms with van der Waals surface area (Å²) in [4.78, 5) is 0. The number of methoxy groups -OCH3 is 2. The molecule has 2 aliphatic rings. The fraction of sp³-hybridized carbons (Fsp3) is 0.571. The minimum Gasteiger partial charge on any atom is -0.493 e. The molecule has 0 amide bonds. The molecule has 0 aromatic heterocycles. The standard InChI is InChI=1S/C14H19NO2/c1-16-11-4-3-10(9-12(11)17-2)13(5-6-13)14(15)7-8-14/h3-4,9H,5-8,15H2,1-2H3. The van der Waals surface area contributed by atoms with Gasteiger partial charge in [0.15, 0.2) is 11.5 Å². The molecule has 3 rings (SSSR count). The number of nitrogens with two attached hydrogens (primary N) is 1. The minimum absolute atomic E-state index is 0.0482. The van der Waals surface area contributed by atoms with Crippen LogP contribution < -0.4 is 15.2 Å². The molecule has 0 saturated heterocycles. The number of rotatable bonds is 4. The van der Waals surface area contributed by atoms with Crippen LogP contribution in [0.1, 0.15) is 31.2 Å². The van der Waals surface area contributed by atoms with Gasteiger partial charge in [0.1, 0.15) is 0 Å². The lowest BCUT2D eigenvalue weighted by Crippen LogP contribution is -2.37. The van der Waals surface area contributed by atoms with Crippen LogP contribution in [0, 0.1) is 0 Å². The number of benzene rings is 1. The third-order valence-corrected chi connectivity index (χ3v) is 4.43. The SMILES string of the molecule is COc1ccc(C2(C3(N)CC3)CC2)cc1OC. The largest absolute Gasteiger partial charge is 0.493 e. The molecule has 2 saturated carbocycles. The van der Waals surface area contributed by atoms with E-state index < -0.39 is 0 Å². The maximum absolute atomic E-state index is 6.41. The Kier molecular flexibility index (Phi) is 2.17. The van der Waals surface area contributed by atoms with Crippen molar-refractivity contribution in [2.75, 3.05) is 14.2 Å². The van der Waals surface area contributed by atoms with Crippen molar-refractivity contribution in [3.8, 4) is 11.5 Å². The zero-order valence-corrected chi connectivity index (χ0v) is 10.5. The lowest BCUT2D eigenvalue weighted by Gasteiger charge is -2.24. The molecule has 0 aliphatic heterocycles. The molecule has 0 atom stereocenters. The van der Waals surface area contributed by atoms with Crippen LogP contribution in [-0.4, -0.2) is 19.8 Å². The second kappa shape index (κ2) is 3.39. The predicted molar refractivity (Wildman–Crippen MR) is 66.6 cm³/mol. The van der Waals surface area contributed by atoms with Crippen molar-refractivity contribution in [2.24, 2.45) is 5.73 Å². The van der Waals surface area contributed by atoms with Gasteiger partial charge in [-0.2, -0.15) is 0 Å². The molecule has 0 unspecified atom stereocenters. The summed E-state index contributed by atoms with van der Waals surface area (Å²) in [6, 6.07) is 6.22. The Labute approximate surface area is 102 Å². The van der Waals surface area contributed by atoms with E-state index in [9.17, 15) is 0 Å². The third kappa shape index (κ3) is 1.45. The minimum atomic E-state index is 0.0482.